The third-order valence-corrected chi connectivity index (χ3v) is 7.98. The zero-order chi connectivity index (χ0) is 27.9. The van der Waals surface area contributed by atoms with Gasteiger partial charge in [0.25, 0.3) is 10.0 Å². The number of rotatable bonds is 11. The fourth-order valence-electron chi connectivity index (χ4n) is 3.78. The van der Waals surface area contributed by atoms with Gasteiger partial charge in [0.05, 0.1) is 10.6 Å². The van der Waals surface area contributed by atoms with Crippen LogP contribution in [0, 0.1) is 12.7 Å². The maximum Gasteiger partial charge on any atom is 0.264 e. The molecule has 0 aliphatic heterocycles. The number of sulfonamides is 1. The zero-order valence-electron chi connectivity index (χ0n) is 21.5. The van der Waals surface area contributed by atoms with Crippen LogP contribution in [0.3, 0.4) is 0 Å². The quantitative estimate of drug-likeness (QED) is 0.361. The van der Waals surface area contributed by atoms with Crippen molar-refractivity contribution in [1.82, 2.24) is 10.2 Å². The van der Waals surface area contributed by atoms with Crippen LogP contribution in [-0.2, 0) is 26.2 Å². The number of carbonyl (C=O) groups is 2. The SMILES string of the molecule is CCCNC(=O)[C@H](C)N(Cc1cccc(Cl)c1)C(=O)CN(c1ccc(C)cc1)S(=O)(=O)c1ccc(F)cc1. The Bertz CT molecular complexity index is 1370. The lowest BCUT2D eigenvalue weighted by molar-refractivity contribution is -0.139. The highest BCUT2D eigenvalue weighted by Gasteiger charge is 2.32. The van der Waals surface area contributed by atoms with Gasteiger partial charge < -0.3 is 10.2 Å². The van der Waals surface area contributed by atoms with Crippen LogP contribution in [-0.4, -0.2) is 44.3 Å². The van der Waals surface area contributed by atoms with Crippen molar-refractivity contribution in [3.05, 3.63) is 94.8 Å². The van der Waals surface area contributed by atoms with Crippen LogP contribution >= 0.6 is 11.6 Å². The monoisotopic (exact) mass is 559 g/mol. The molecule has 0 heterocycles. The summed E-state index contributed by atoms with van der Waals surface area (Å²) in [4.78, 5) is 27.8. The highest BCUT2D eigenvalue weighted by molar-refractivity contribution is 7.92. The lowest BCUT2D eigenvalue weighted by Crippen LogP contribution is -2.51. The molecule has 0 radical (unpaired) electrons. The van der Waals surface area contributed by atoms with Gasteiger partial charge in [-0.2, -0.15) is 0 Å². The molecule has 0 unspecified atom stereocenters. The molecule has 0 aliphatic rings. The molecule has 3 aromatic carbocycles. The van der Waals surface area contributed by atoms with Crippen LogP contribution in [0.1, 0.15) is 31.4 Å². The van der Waals surface area contributed by atoms with E-state index in [2.05, 4.69) is 5.32 Å². The van der Waals surface area contributed by atoms with Gasteiger partial charge in [0.15, 0.2) is 0 Å². The molecule has 0 saturated carbocycles. The Morgan fingerprint density at radius 1 is 1.03 bits per heavy atom. The summed E-state index contributed by atoms with van der Waals surface area (Å²) in [7, 11) is -4.25. The van der Waals surface area contributed by atoms with Crippen LogP contribution in [0.4, 0.5) is 10.1 Å². The van der Waals surface area contributed by atoms with Gasteiger partial charge in [-0.25, -0.2) is 12.8 Å². The number of aryl methyl sites for hydroxylation is 1. The van der Waals surface area contributed by atoms with E-state index < -0.39 is 34.3 Å². The van der Waals surface area contributed by atoms with Crippen molar-refractivity contribution in [2.75, 3.05) is 17.4 Å². The minimum Gasteiger partial charge on any atom is -0.354 e. The first-order valence-corrected chi connectivity index (χ1v) is 14.0. The molecule has 10 heteroatoms. The van der Waals surface area contributed by atoms with Crippen molar-refractivity contribution < 1.29 is 22.4 Å². The van der Waals surface area contributed by atoms with Gasteiger partial charge >= 0.3 is 0 Å². The Morgan fingerprint density at radius 3 is 2.29 bits per heavy atom. The molecule has 0 saturated heterocycles. The predicted molar refractivity (Wildman–Crippen MR) is 147 cm³/mol. The summed E-state index contributed by atoms with van der Waals surface area (Å²) in [6.45, 7) is 5.28. The smallest absolute Gasteiger partial charge is 0.264 e. The molecule has 3 aromatic rings. The van der Waals surface area contributed by atoms with Gasteiger partial charge in [0, 0.05) is 18.1 Å². The normalized spacial score (nSPS) is 12.0. The van der Waals surface area contributed by atoms with Gasteiger partial charge in [-0.05, 0) is 74.4 Å². The van der Waals surface area contributed by atoms with Crippen molar-refractivity contribution >= 4 is 39.1 Å². The number of halogens is 2. The van der Waals surface area contributed by atoms with Crippen molar-refractivity contribution in [1.29, 1.82) is 0 Å². The topological polar surface area (TPSA) is 86.8 Å². The van der Waals surface area contributed by atoms with Crippen LogP contribution < -0.4 is 9.62 Å². The Balaban J connectivity index is 2.01. The van der Waals surface area contributed by atoms with Crippen LogP contribution in [0.5, 0.6) is 0 Å². The van der Waals surface area contributed by atoms with Crippen LogP contribution in [0.25, 0.3) is 0 Å². The summed E-state index contributed by atoms with van der Waals surface area (Å²) in [5.41, 5.74) is 1.85. The Kier molecular flexibility index (Phi) is 9.88. The van der Waals surface area contributed by atoms with Gasteiger partial charge in [-0.1, -0.05) is 48.4 Å². The predicted octanol–water partition coefficient (Wildman–Crippen LogP) is 4.93. The van der Waals surface area contributed by atoms with Gasteiger partial charge in [-0.15, -0.1) is 0 Å². The number of hydrogen-bond donors (Lipinski definition) is 1. The molecule has 0 aromatic heterocycles. The Hall–Kier alpha value is -3.43. The van der Waals surface area contributed by atoms with E-state index in [9.17, 15) is 22.4 Å². The number of hydrogen-bond acceptors (Lipinski definition) is 4. The van der Waals surface area contributed by atoms with E-state index in [0.29, 0.717) is 17.1 Å². The number of nitrogens with one attached hydrogen (secondary N) is 1. The summed E-state index contributed by atoms with van der Waals surface area (Å²) in [5, 5.41) is 3.26. The molecule has 0 fully saturated rings. The standard InChI is InChI=1S/C28H31ClFN3O4S/c1-4-16-31-28(35)21(3)32(18-22-6-5-7-23(29)17-22)27(34)19-33(25-12-8-20(2)9-13-25)38(36,37)26-14-10-24(30)11-15-26/h5-15,17,21H,4,16,18-19H2,1-3H3,(H,31,35)/t21-/m0/s1. The number of amides is 2. The molecular weight excluding hydrogens is 529 g/mol. The Labute approximate surface area is 228 Å². The summed E-state index contributed by atoms with van der Waals surface area (Å²) < 4.78 is 41.8. The van der Waals surface area contributed by atoms with E-state index in [0.717, 1.165) is 40.6 Å². The number of anilines is 1. The van der Waals surface area contributed by atoms with Crippen molar-refractivity contribution in [2.24, 2.45) is 0 Å². The fourth-order valence-corrected chi connectivity index (χ4v) is 5.41. The zero-order valence-corrected chi connectivity index (χ0v) is 23.1. The molecule has 7 nitrogen and oxygen atoms in total. The maximum atomic E-state index is 13.8. The second kappa shape index (κ2) is 12.9. The van der Waals surface area contributed by atoms with Crippen molar-refractivity contribution in [2.45, 2.75) is 44.7 Å². The van der Waals surface area contributed by atoms with Gasteiger partial charge in [0.2, 0.25) is 11.8 Å². The number of carbonyl (C=O) groups excluding carboxylic acids is 2. The highest BCUT2D eigenvalue weighted by Crippen LogP contribution is 2.25. The van der Waals surface area contributed by atoms with Crippen LogP contribution in [0.2, 0.25) is 5.02 Å². The van der Waals surface area contributed by atoms with E-state index in [1.807, 2.05) is 13.8 Å². The van der Waals surface area contributed by atoms with E-state index in [1.54, 1.807) is 55.5 Å². The van der Waals surface area contributed by atoms with Crippen LogP contribution in [0.15, 0.2) is 77.7 Å². The molecule has 202 valence electrons. The first kappa shape index (κ1) is 29.1. The molecule has 0 spiro atoms. The second-order valence-electron chi connectivity index (χ2n) is 8.92. The lowest BCUT2D eigenvalue weighted by atomic mass is 10.1. The van der Waals surface area contributed by atoms with Crippen molar-refractivity contribution in [3.63, 3.8) is 0 Å². The summed E-state index contributed by atoms with van der Waals surface area (Å²) in [6, 6.07) is 17.1. The van der Waals surface area contributed by atoms with Gasteiger partial charge in [0.1, 0.15) is 18.4 Å². The third kappa shape index (κ3) is 7.33. The molecule has 0 aliphatic carbocycles. The lowest BCUT2D eigenvalue weighted by Gasteiger charge is -2.32. The van der Waals surface area contributed by atoms with E-state index in [4.69, 9.17) is 11.6 Å². The molecule has 1 atom stereocenters. The number of nitrogens with zero attached hydrogens (tertiary/aromatic N) is 2. The fraction of sp³-hybridized carbons (Fsp3) is 0.286. The highest BCUT2D eigenvalue weighted by atomic mass is 35.5. The largest absolute Gasteiger partial charge is 0.354 e. The summed E-state index contributed by atoms with van der Waals surface area (Å²) >= 11 is 6.14. The first-order chi connectivity index (χ1) is 18.0. The maximum absolute atomic E-state index is 13.8. The van der Waals surface area contributed by atoms with E-state index in [-0.39, 0.29) is 23.0 Å². The van der Waals surface area contributed by atoms with Crippen molar-refractivity contribution in [3.8, 4) is 0 Å². The van der Waals surface area contributed by atoms with E-state index in [1.165, 1.54) is 4.90 Å². The average molecular weight is 560 g/mol. The number of benzene rings is 3. The molecule has 2 amide bonds. The average Bonchev–Trinajstić information content (AvgIpc) is 2.89. The first-order valence-electron chi connectivity index (χ1n) is 12.2. The molecule has 0 bridgehead atoms. The summed E-state index contributed by atoms with van der Waals surface area (Å²) in [6.07, 6.45) is 0.720. The van der Waals surface area contributed by atoms with Gasteiger partial charge in [-0.3, -0.25) is 13.9 Å². The molecule has 3 rings (SSSR count). The Morgan fingerprint density at radius 2 is 1.68 bits per heavy atom. The van der Waals surface area contributed by atoms with E-state index >= 15 is 0 Å². The molecular formula is C28H31ClFN3O4S. The molecule has 1 N–H and O–H groups in total. The minimum absolute atomic E-state index is 0.0401. The second-order valence-corrected chi connectivity index (χ2v) is 11.2. The minimum atomic E-state index is -4.25. The molecule has 38 heavy (non-hydrogen) atoms. The third-order valence-electron chi connectivity index (χ3n) is 5.96. The summed E-state index contributed by atoms with van der Waals surface area (Å²) in [5.74, 6) is -1.53.